The van der Waals surface area contributed by atoms with Crippen LogP contribution in [0.5, 0.6) is 0 Å². The highest BCUT2D eigenvalue weighted by atomic mass is 16.4. The number of carbonyl (C=O) groups is 2. The zero-order valence-electron chi connectivity index (χ0n) is 15.4. The van der Waals surface area contributed by atoms with Crippen molar-refractivity contribution in [2.24, 2.45) is 0 Å². The number of nitrogens with one attached hydrogen (secondary N) is 2. The number of benzene rings is 1. The summed E-state index contributed by atoms with van der Waals surface area (Å²) in [6, 6.07) is 5.91. The predicted molar refractivity (Wildman–Crippen MR) is 99.4 cm³/mol. The van der Waals surface area contributed by atoms with E-state index in [4.69, 9.17) is 5.11 Å². The van der Waals surface area contributed by atoms with Crippen molar-refractivity contribution in [2.45, 2.75) is 38.8 Å². The third-order valence-electron chi connectivity index (χ3n) is 4.74. The van der Waals surface area contributed by atoms with E-state index in [-0.39, 0.29) is 24.7 Å². The highest BCUT2D eigenvalue weighted by molar-refractivity contribution is 5.91. The molecule has 3 N–H and O–H groups in total. The van der Waals surface area contributed by atoms with Crippen molar-refractivity contribution < 1.29 is 14.7 Å². The van der Waals surface area contributed by atoms with Crippen LogP contribution in [-0.2, 0) is 4.79 Å². The van der Waals surface area contributed by atoms with Gasteiger partial charge in [-0.3, -0.25) is 9.69 Å². The zero-order valence-corrected chi connectivity index (χ0v) is 15.4. The fourth-order valence-corrected chi connectivity index (χ4v) is 3.26. The first-order valence-corrected chi connectivity index (χ1v) is 8.62. The molecule has 0 aliphatic heterocycles. The molecule has 0 radical (unpaired) electrons. The Balaban J connectivity index is 1.85. The molecule has 0 bridgehead atoms. The SMILES string of the molecule is CCN(CC(=O)O)C1CC(NC(=O)Nc2cccc(N(C)C)c2C)C1. The lowest BCUT2D eigenvalue weighted by Crippen LogP contribution is -2.55. The molecule has 25 heavy (non-hydrogen) atoms. The van der Waals surface area contributed by atoms with Crippen LogP contribution in [-0.4, -0.2) is 61.3 Å². The average Bonchev–Trinajstić information content (AvgIpc) is 2.50. The molecular weight excluding hydrogens is 320 g/mol. The van der Waals surface area contributed by atoms with Gasteiger partial charge in [0.25, 0.3) is 0 Å². The van der Waals surface area contributed by atoms with Gasteiger partial charge in [0.1, 0.15) is 0 Å². The van der Waals surface area contributed by atoms with E-state index in [0.29, 0.717) is 6.54 Å². The molecule has 7 nitrogen and oxygen atoms in total. The van der Waals surface area contributed by atoms with Crippen molar-refractivity contribution in [1.29, 1.82) is 0 Å². The number of carbonyl (C=O) groups excluding carboxylic acids is 1. The van der Waals surface area contributed by atoms with Crippen LogP contribution in [0.4, 0.5) is 16.2 Å². The summed E-state index contributed by atoms with van der Waals surface area (Å²) >= 11 is 0. The number of urea groups is 1. The number of likely N-dealkylation sites (N-methyl/N-ethyl adjacent to an activating group) is 1. The Labute approximate surface area is 149 Å². The van der Waals surface area contributed by atoms with Gasteiger partial charge in [-0.2, -0.15) is 0 Å². The smallest absolute Gasteiger partial charge is 0.319 e. The number of rotatable bonds is 7. The molecule has 2 rings (SSSR count). The first-order valence-electron chi connectivity index (χ1n) is 8.62. The lowest BCUT2D eigenvalue weighted by atomic mass is 9.85. The van der Waals surface area contributed by atoms with Gasteiger partial charge in [0, 0.05) is 37.6 Å². The molecule has 0 saturated heterocycles. The number of carboxylic acids is 1. The number of hydrogen-bond donors (Lipinski definition) is 3. The molecule has 1 aromatic rings. The zero-order chi connectivity index (χ0) is 18.6. The van der Waals surface area contributed by atoms with Gasteiger partial charge >= 0.3 is 12.0 Å². The van der Waals surface area contributed by atoms with E-state index >= 15 is 0 Å². The van der Waals surface area contributed by atoms with Crippen LogP contribution in [0.1, 0.15) is 25.3 Å². The third-order valence-corrected chi connectivity index (χ3v) is 4.74. The molecule has 0 heterocycles. The minimum absolute atomic E-state index is 0.0522. The van der Waals surface area contributed by atoms with Crippen molar-refractivity contribution in [1.82, 2.24) is 10.2 Å². The Morgan fingerprint density at radius 1 is 1.28 bits per heavy atom. The van der Waals surface area contributed by atoms with Crippen molar-refractivity contribution in [2.75, 3.05) is 37.4 Å². The highest BCUT2D eigenvalue weighted by Crippen LogP contribution is 2.27. The summed E-state index contributed by atoms with van der Waals surface area (Å²) < 4.78 is 0. The molecule has 0 aromatic heterocycles. The molecule has 138 valence electrons. The summed E-state index contributed by atoms with van der Waals surface area (Å²) in [4.78, 5) is 27.0. The third kappa shape index (κ3) is 4.85. The fourth-order valence-electron chi connectivity index (χ4n) is 3.26. The molecule has 0 spiro atoms. The van der Waals surface area contributed by atoms with Crippen LogP contribution >= 0.6 is 0 Å². The second-order valence-electron chi connectivity index (χ2n) is 6.72. The minimum Gasteiger partial charge on any atom is -0.480 e. The lowest BCUT2D eigenvalue weighted by Gasteiger charge is -2.42. The first kappa shape index (κ1) is 19.1. The fraction of sp³-hybridized carbons (Fsp3) is 0.556. The van der Waals surface area contributed by atoms with Crippen LogP contribution < -0.4 is 15.5 Å². The van der Waals surface area contributed by atoms with Gasteiger partial charge in [-0.15, -0.1) is 0 Å². The second kappa shape index (κ2) is 8.20. The maximum absolute atomic E-state index is 12.2. The van der Waals surface area contributed by atoms with Gasteiger partial charge in [-0.25, -0.2) is 4.79 Å². The van der Waals surface area contributed by atoms with E-state index in [9.17, 15) is 9.59 Å². The maximum Gasteiger partial charge on any atom is 0.319 e. The molecule has 1 saturated carbocycles. The number of amides is 2. The van der Waals surface area contributed by atoms with Crippen LogP contribution in [0, 0.1) is 6.92 Å². The Morgan fingerprint density at radius 2 is 1.96 bits per heavy atom. The van der Waals surface area contributed by atoms with Gasteiger partial charge in [-0.1, -0.05) is 13.0 Å². The largest absolute Gasteiger partial charge is 0.480 e. The highest BCUT2D eigenvalue weighted by Gasteiger charge is 2.34. The monoisotopic (exact) mass is 348 g/mol. The summed E-state index contributed by atoms with van der Waals surface area (Å²) in [5, 5.41) is 14.8. The predicted octanol–water partition coefficient (Wildman–Crippen LogP) is 2.12. The molecule has 0 atom stereocenters. The number of nitrogens with zero attached hydrogens (tertiary/aromatic N) is 2. The topological polar surface area (TPSA) is 84.9 Å². The van der Waals surface area contributed by atoms with E-state index in [1.54, 1.807) is 0 Å². The Kier molecular flexibility index (Phi) is 6.25. The van der Waals surface area contributed by atoms with Gasteiger partial charge in [0.15, 0.2) is 0 Å². The van der Waals surface area contributed by atoms with Gasteiger partial charge in [0.2, 0.25) is 0 Å². The van der Waals surface area contributed by atoms with Gasteiger partial charge in [0.05, 0.1) is 6.54 Å². The average molecular weight is 348 g/mol. The van der Waals surface area contributed by atoms with E-state index in [1.807, 2.05) is 55.9 Å². The van der Waals surface area contributed by atoms with Crippen LogP contribution in [0.25, 0.3) is 0 Å². The van der Waals surface area contributed by atoms with Gasteiger partial charge in [-0.05, 0) is 44.0 Å². The van der Waals surface area contributed by atoms with Crippen molar-refractivity contribution in [3.8, 4) is 0 Å². The number of aliphatic carboxylic acids is 1. The van der Waals surface area contributed by atoms with Crippen molar-refractivity contribution >= 4 is 23.4 Å². The molecule has 1 aliphatic carbocycles. The number of carboxylic acid groups (broad SMARTS) is 1. The standard InChI is InChI=1S/C18H28N4O3/c1-5-22(11-17(23)24)14-9-13(10-14)19-18(25)20-15-7-6-8-16(12(15)2)21(3)4/h6-8,13-14H,5,9-11H2,1-4H3,(H,23,24)(H2,19,20,25). The maximum atomic E-state index is 12.2. The molecular formula is C18H28N4O3. The molecule has 1 fully saturated rings. The molecule has 1 aromatic carbocycles. The summed E-state index contributed by atoms with van der Waals surface area (Å²) in [7, 11) is 3.94. The number of hydrogen-bond acceptors (Lipinski definition) is 4. The molecule has 1 aliphatic rings. The summed E-state index contributed by atoms with van der Waals surface area (Å²) in [6.07, 6.45) is 1.57. The second-order valence-corrected chi connectivity index (χ2v) is 6.72. The summed E-state index contributed by atoms with van der Waals surface area (Å²) in [5.74, 6) is -0.813. The summed E-state index contributed by atoms with van der Waals surface area (Å²) in [6.45, 7) is 4.69. The quantitative estimate of drug-likeness (QED) is 0.703. The van der Waals surface area contributed by atoms with Gasteiger partial charge < -0.3 is 20.6 Å². The molecule has 7 heteroatoms. The van der Waals surface area contributed by atoms with Crippen LogP contribution in [0.3, 0.4) is 0 Å². The Hall–Kier alpha value is -2.28. The van der Waals surface area contributed by atoms with E-state index in [1.165, 1.54) is 0 Å². The summed E-state index contributed by atoms with van der Waals surface area (Å²) in [5.41, 5.74) is 2.88. The lowest BCUT2D eigenvalue weighted by molar-refractivity contribution is -0.139. The van der Waals surface area contributed by atoms with Crippen molar-refractivity contribution in [3.05, 3.63) is 23.8 Å². The van der Waals surface area contributed by atoms with E-state index < -0.39 is 5.97 Å². The van der Waals surface area contributed by atoms with Crippen molar-refractivity contribution in [3.63, 3.8) is 0 Å². The molecule has 2 amide bonds. The number of anilines is 2. The van der Waals surface area contributed by atoms with Crippen LogP contribution in [0.2, 0.25) is 0 Å². The normalized spacial score (nSPS) is 19.2. The van der Waals surface area contributed by atoms with E-state index in [2.05, 4.69) is 10.6 Å². The minimum atomic E-state index is -0.813. The van der Waals surface area contributed by atoms with E-state index in [0.717, 1.165) is 29.8 Å². The first-order chi connectivity index (χ1) is 11.8. The Bertz CT molecular complexity index is 627. The van der Waals surface area contributed by atoms with Crippen LogP contribution in [0.15, 0.2) is 18.2 Å². The molecule has 0 unspecified atom stereocenters. The Morgan fingerprint density at radius 3 is 2.52 bits per heavy atom.